The molecule has 0 unspecified atom stereocenters. The van der Waals surface area contributed by atoms with Crippen LogP contribution < -0.4 is 16.8 Å². The molecule has 10 nitrogen and oxygen atoms in total. The molecule has 0 fully saturated rings. The summed E-state index contributed by atoms with van der Waals surface area (Å²) in [5, 5.41) is 22.7. The number of carbonyl (C=O) groups is 4. The van der Waals surface area contributed by atoms with Crippen LogP contribution in [0.3, 0.4) is 0 Å². The molecule has 230 valence electrons. The molecular formula is C32H46N4O6. The largest absolute Gasteiger partial charge is 0.508 e. The number of amides is 3. The second kappa shape index (κ2) is 18.6. The molecule has 2 aromatic carbocycles. The van der Waals surface area contributed by atoms with Crippen LogP contribution in [-0.2, 0) is 32.0 Å². The summed E-state index contributed by atoms with van der Waals surface area (Å²) in [7, 11) is 0. The summed E-state index contributed by atoms with van der Waals surface area (Å²) in [5.41, 5.74) is 13.2. The van der Waals surface area contributed by atoms with Crippen LogP contribution in [0, 0.1) is 0 Å². The molecule has 0 saturated heterocycles. The molecule has 10 heteroatoms. The van der Waals surface area contributed by atoms with E-state index in [2.05, 4.69) is 12.2 Å². The van der Waals surface area contributed by atoms with Crippen molar-refractivity contribution >= 4 is 23.7 Å². The third-order valence-electron chi connectivity index (χ3n) is 7.14. The number of carboxylic acid groups (broad SMARTS) is 1. The van der Waals surface area contributed by atoms with Gasteiger partial charge in [0.2, 0.25) is 11.8 Å². The number of unbranched alkanes of at least 4 members (excludes halogenated alkanes) is 5. The Labute approximate surface area is 248 Å². The molecule has 42 heavy (non-hydrogen) atoms. The molecule has 0 aliphatic rings. The average molecular weight is 583 g/mol. The molecule has 0 heterocycles. The van der Waals surface area contributed by atoms with Gasteiger partial charge in [-0.2, -0.15) is 0 Å². The topological polar surface area (TPSA) is 176 Å². The van der Waals surface area contributed by atoms with Gasteiger partial charge in [0.25, 0.3) is 5.91 Å². The molecule has 0 bridgehead atoms. The Morgan fingerprint density at radius 3 is 2.10 bits per heavy atom. The lowest BCUT2D eigenvalue weighted by Gasteiger charge is -2.33. The predicted octanol–water partition coefficient (Wildman–Crippen LogP) is 3.29. The number of carboxylic acids is 1. The molecule has 0 aliphatic carbocycles. The molecule has 3 atom stereocenters. The first-order chi connectivity index (χ1) is 20.2. The predicted molar refractivity (Wildman–Crippen MR) is 161 cm³/mol. The Morgan fingerprint density at radius 1 is 0.833 bits per heavy atom. The van der Waals surface area contributed by atoms with Crippen molar-refractivity contribution in [3.8, 4) is 5.75 Å². The highest BCUT2D eigenvalue weighted by Crippen LogP contribution is 2.18. The molecule has 0 aliphatic heterocycles. The van der Waals surface area contributed by atoms with Gasteiger partial charge in [-0.15, -0.1) is 0 Å². The molecule has 7 N–H and O–H groups in total. The van der Waals surface area contributed by atoms with Gasteiger partial charge < -0.3 is 27.0 Å². The van der Waals surface area contributed by atoms with Crippen molar-refractivity contribution in [2.45, 2.75) is 95.7 Å². The number of carbonyl (C=O) groups excluding carboxylic acids is 3. The first-order valence-corrected chi connectivity index (χ1v) is 14.8. The van der Waals surface area contributed by atoms with Crippen LogP contribution in [-0.4, -0.2) is 63.5 Å². The highest BCUT2D eigenvalue weighted by atomic mass is 16.4. The minimum absolute atomic E-state index is 0.00288. The van der Waals surface area contributed by atoms with E-state index in [1.807, 2.05) is 6.07 Å². The lowest BCUT2D eigenvalue weighted by molar-refractivity contribution is -0.160. The van der Waals surface area contributed by atoms with E-state index in [1.165, 1.54) is 24.3 Å². The number of nitrogens with one attached hydrogen (secondary N) is 1. The van der Waals surface area contributed by atoms with E-state index in [0.717, 1.165) is 36.1 Å². The van der Waals surface area contributed by atoms with Gasteiger partial charge in [0.15, 0.2) is 0 Å². The molecule has 2 aromatic rings. The summed E-state index contributed by atoms with van der Waals surface area (Å²) in [5.74, 6) is -3.38. The van der Waals surface area contributed by atoms with E-state index in [4.69, 9.17) is 11.5 Å². The number of hydrogen-bond acceptors (Lipinski definition) is 7. The zero-order valence-corrected chi connectivity index (χ0v) is 24.5. The first-order valence-electron chi connectivity index (χ1n) is 14.8. The number of phenolic OH excluding ortho intramolecular Hbond substituents is 1. The highest BCUT2D eigenvalue weighted by Gasteiger charge is 2.40. The van der Waals surface area contributed by atoms with Crippen molar-refractivity contribution in [2.24, 2.45) is 11.5 Å². The van der Waals surface area contributed by atoms with Crippen LogP contribution in [0.4, 0.5) is 0 Å². The van der Waals surface area contributed by atoms with Gasteiger partial charge in [0, 0.05) is 12.8 Å². The first kappa shape index (κ1) is 34.4. The Balaban J connectivity index is 2.38. The monoisotopic (exact) mass is 582 g/mol. The maximum atomic E-state index is 14.1. The Kier molecular flexibility index (Phi) is 15.3. The Hall–Kier alpha value is -3.76. The van der Waals surface area contributed by atoms with Crippen molar-refractivity contribution in [2.75, 3.05) is 6.54 Å². The van der Waals surface area contributed by atoms with Gasteiger partial charge >= 0.3 is 5.97 Å². The number of phenols is 1. The fraction of sp³-hybridized carbons (Fsp3) is 0.500. The van der Waals surface area contributed by atoms with Gasteiger partial charge in [-0.25, -0.2) is 4.79 Å². The molecule has 0 saturated carbocycles. The molecule has 0 spiro atoms. The van der Waals surface area contributed by atoms with Crippen molar-refractivity contribution in [3.05, 3.63) is 65.7 Å². The van der Waals surface area contributed by atoms with Crippen LogP contribution in [0.25, 0.3) is 0 Å². The van der Waals surface area contributed by atoms with Gasteiger partial charge in [-0.3, -0.25) is 19.3 Å². The summed E-state index contributed by atoms with van der Waals surface area (Å²) in [6.07, 6.45) is 6.13. The zero-order chi connectivity index (χ0) is 30.9. The minimum Gasteiger partial charge on any atom is -0.508 e. The molecule has 2 rings (SSSR count). The smallest absolute Gasteiger partial charge is 0.327 e. The Bertz CT molecular complexity index is 1130. The van der Waals surface area contributed by atoms with Gasteiger partial charge in [0.1, 0.15) is 17.8 Å². The third kappa shape index (κ3) is 11.6. The summed E-state index contributed by atoms with van der Waals surface area (Å²) >= 11 is 0. The second-order valence-electron chi connectivity index (χ2n) is 10.6. The van der Waals surface area contributed by atoms with E-state index in [1.54, 1.807) is 24.3 Å². The van der Waals surface area contributed by atoms with E-state index < -0.39 is 35.9 Å². The fourth-order valence-electron chi connectivity index (χ4n) is 4.77. The van der Waals surface area contributed by atoms with Gasteiger partial charge in [-0.05, 0) is 61.9 Å². The number of benzene rings is 2. The van der Waals surface area contributed by atoms with E-state index >= 15 is 0 Å². The van der Waals surface area contributed by atoms with E-state index in [-0.39, 0.29) is 37.3 Å². The maximum Gasteiger partial charge on any atom is 0.327 e. The van der Waals surface area contributed by atoms with Crippen LogP contribution in [0.1, 0.15) is 75.8 Å². The normalized spacial score (nSPS) is 13.1. The number of hydrogen-bond donors (Lipinski definition) is 5. The number of aliphatic carboxylic acids is 1. The minimum atomic E-state index is -1.58. The van der Waals surface area contributed by atoms with Crippen molar-refractivity contribution in [1.82, 2.24) is 10.2 Å². The van der Waals surface area contributed by atoms with Crippen LogP contribution in [0.15, 0.2) is 54.6 Å². The van der Waals surface area contributed by atoms with Gasteiger partial charge in [0.05, 0.1) is 6.04 Å². The lowest BCUT2D eigenvalue weighted by Crippen LogP contribution is -2.60. The van der Waals surface area contributed by atoms with E-state index in [9.17, 15) is 29.4 Å². The number of rotatable bonds is 19. The van der Waals surface area contributed by atoms with Gasteiger partial charge in [-0.1, -0.05) is 75.1 Å². The molecule has 0 aromatic heterocycles. The van der Waals surface area contributed by atoms with Crippen molar-refractivity contribution < 1.29 is 29.4 Å². The standard InChI is InChI=1S/C32H46N4O6/c1-2-3-4-5-9-15-29(38)35-27(14-10-11-20-33)31(40)36(30(39)26(34)21-23-12-7-6-8-13-23)28(32(41)42)22-24-16-18-25(37)19-17-24/h6-8,12-13,16-19,26-28,37H,2-5,9-11,14-15,20-22,33-34H2,1H3,(H,35,38)(H,41,42)/t26-,27-,28-/m0/s1. The summed E-state index contributed by atoms with van der Waals surface area (Å²) in [4.78, 5) is 54.1. The number of imide groups is 1. The molecule has 3 amide bonds. The lowest BCUT2D eigenvalue weighted by atomic mass is 9.99. The maximum absolute atomic E-state index is 14.1. The van der Waals surface area contributed by atoms with Crippen molar-refractivity contribution in [3.63, 3.8) is 0 Å². The quantitative estimate of drug-likeness (QED) is 0.157. The summed E-state index contributed by atoms with van der Waals surface area (Å²) in [6, 6.07) is 11.0. The molecular weight excluding hydrogens is 536 g/mol. The van der Waals surface area contributed by atoms with Crippen LogP contribution in [0.2, 0.25) is 0 Å². The van der Waals surface area contributed by atoms with Crippen LogP contribution >= 0.6 is 0 Å². The van der Waals surface area contributed by atoms with Crippen LogP contribution in [0.5, 0.6) is 5.75 Å². The number of nitrogens with two attached hydrogens (primary N) is 2. The number of nitrogens with zero attached hydrogens (tertiary/aromatic N) is 1. The highest BCUT2D eigenvalue weighted by molar-refractivity contribution is 6.04. The second-order valence-corrected chi connectivity index (χ2v) is 10.6. The third-order valence-corrected chi connectivity index (χ3v) is 7.14. The summed E-state index contributed by atoms with van der Waals surface area (Å²) < 4.78 is 0. The average Bonchev–Trinajstić information content (AvgIpc) is 2.97. The number of aromatic hydroxyl groups is 1. The van der Waals surface area contributed by atoms with E-state index in [0.29, 0.717) is 31.4 Å². The molecule has 0 radical (unpaired) electrons. The zero-order valence-electron chi connectivity index (χ0n) is 24.5. The van der Waals surface area contributed by atoms with Crippen molar-refractivity contribution in [1.29, 1.82) is 0 Å². The SMILES string of the molecule is CCCCCCCC(=O)N[C@@H](CCCCN)C(=O)N(C(=O)[C@@H](N)Cc1ccccc1)[C@@H](Cc1ccc(O)cc1)C(=O)O. The summed E-state index contributed by atoms with van der Waals surface area (Å²) in [6.45, 7) is 2.49. The Morgan fingerprint density at radius 2 is 1.48 bits per heavy atom. The fourth-order valence-corrected chi connectivity index (χ4v) is 4.77.